The van der Waals surface area contributed by atoms with Crippen LogP contribution >= 0.6 is 12.2 Å². The van der Waals surface area contributed by atoms with Gasteiger partial charge < -0.3 is 10.4 Å². The van der Waals surface area contributed by atoms with E-state index in [9.17, 15) is 9.90 Å². The van der Waals surface area contributed by atoms with Gasteiger partial charge in [0.05, 0.1) is 5.69 Å². The Hall–Kier alpha value is -2.40. The van der Waals surface area contributed by atoms with Crippen molar-refractivity contribution in [2.45, 2.75) is 40.0 Å². The van der Waals surface area contributed by atoms with E-state index in [-0.39, 0.29) is 22.2 Å². The molecule has 0 unspecified atom stereocenters. The molecule has 0 aliphatic rings. The summed E-state index contributed by atoms with van der Waals surface area (Å²) in [5.41, 5.74) is 4.17. The first-order valence-electron chi connectivity index (χ1n) is 8.11. The highest BCUT2D eigenvalue weighted by Gasteiger charge is 2.16. The van der Waals surface area contributed by atoms with Crippen molar-refractivity contribution in [2.75, 3.05) is 5.32 Å². The zero-order chi connectivity index (χ0) is 18.8. The number of amides is 1. The minimum absolute atomic E-state index is 0.0611. The molecular weight excluding hydrogens is 332 g/mol. The van der Waals surface area contributed by atoms with Gasteiger partial charge in [-0.25, -0.2) is 0 Å². The molecule has 0 spiro atoms. The van der Waals surface area contributed by atoms with E-state index in [1.807, 2.05) is 38.1 Å². The summed E-state index contributed by atoms with van der Waals surface area (Å²) in [6, 6.07) is 10.8. The lowest BCUT2D eigenvalue weighted by atomic mass is 9.87. The molecule has 2 aromatic carbocycles. The van der Waals surface area contributed by atoms with E-state index in [0.717, 1.165) is 16.7 Å². The average molecular weight is 356 g/mol. The standard InChI is InChI=1S/C20H24N2O2S/c1-12-6-7-14(10-13(12)2)18(24)22-19(25)21-16-11-15(20(3,4)5)8-9-17(16)23/h6-11,23H,1-5H3,(H2,21,22,24,25). The molecule has 25 heavy (non-hydrogen) atoms. The number of phenols is 1. The number of rotatable bonds is 2. The summed E-state index contributed by atoms with van der Waals surface area (Å²) in [6.45, 7) is 10.2. The molecule has 0 atom stereocenters. The smallest absolute Gasteiger partial charge is 0.257 e. The van der Waals surface area contributed by atoms with E-state index in [2.05, 4.69) is 31.4 Å². The van der Waals surface area contributed by atoms with E-state index in [0.29, 0.717) is 11.3 Å². The quantitative estimate of drug-likeness (QED) is 0.550. The van der Waals surface area contributed by atoms with Crippen LogP contribution in [-0.4, -0.2) is 16.1 Å². The van der Waals surface area contributed by atoms with Gasteiger partial charge in [0.15, 0.2) is 5.11 Å². The SMILES string of the molecule is Cc1ccc(C(=O)NC(=S)Nc2cc(C(C)(C)C)ccc2O)cc1C. The number of aryl methyl sites for hydroxylation is 2. The van der Waals surface area contributed by atoms with Crippen LogP contribution in [0.2, 0.25) is 0 Å². The maximum atomic E-state index is 12.3. The lowest BCUT2D eigenvalue weighted by molar-refractivity contribution is 0.0977. The van der Waals surface area contributed by atoms with Crippen LogP contribution in [0, 0.1) is 13.8 Å². The molecule has 0 saturated heterocycles. The number of carbonyl (C=O) groups is 1. The normalized spacial score (nSPS) is 11.1. The number of carbonyl (C=O) groups excluding carboxylic acids is 1. The van der Waals surface area contributed by atoms with Crippen molar-refractivity contribution >= 4 is 28.9 Å². The molecule has 5 heteroatoms. The predicted molar refractivity (Wildman–Crippen MR) is 106 cm³/mol. The number of hydrogen-bond donors (Lipinski definition) is 3. The zero-order valence-corrected chi connectivity index (χ0v) is 16.0. The van der Waals surface area contributed by atoms with Gasteiger partial charge in [0, 0.05) is 5.56 Å². The lowest BCUT2D eigenvalue weighted by Crippen LogP contribution is -2.34. The predicted octanol–water partition coefficient (Wildman–Crippen LogP) is 4.43. The van der Waals surface area contributed by atoms with Gasteiger partial charge in [-0.2, -0.15) is 0 Å². The molecule has 1 amide bonds. The molecule has 0 fully saturated rings. The van der Waals surface area contributed by atoms with Gasteiger partial charge in [-0.05, 0) is 72.4 Å². The van der Waals surface area contributed by atoms with Crippen molar-refractivity contribution in [3.8, 4) is 5.75 Å². The Labute approximate surface area is 154 Å². The summed E-state index contributed by atoms with van der Waals surface area (Å²) in [7, 11) is 0. The molecule has 0 aliphatic carbocycles. The van der Waals surface area contributed by atoms with Crippen molar-refractivity contribution in [3.05, 3.63) is 58.7 Å². The summed E-state index contributed by atoms with van der Waals surface area (Å²) < 4.78 is 0. The Morgan fingerprint density at radius 1 is 1.04 bits per heavy atom. The Bertz CT molecular complexity index is 823. The van der Waals surface area contributed by atoms with Crippen molar-refractivity contribution in [3.63, 3.8) is 0 Å². The summed E-state index contributed by atoms with van der Waals surface area (Å²) in [5, 5.41) is 15.7. The number of thiocarbonyl (C=S) groups is 1. The molecule has 4 nitrogen and oxygen atoms in total. The van der Waals surface area contributed by atoms with Crippen molar-refractivity contribution in [1.82, 2.24) is 5.32 Å². The van der Waals surface area contributed by atoms with Gasteiger partial charge >= 0.3 is 0 Å². The molecule has 2 rings (SSSR count). The summed E-state index contributed by atoms with van der Waals surface area (Å²) >= 11 is 5.21. The monoisotopic (exact) mass is 356 g/mol. The fraction of sp³-hybridized carbons (Fsp3) is 0.300. The molecule has 0 aliphatic heterocycles. The molecule has 0 heterocycles. The molecule has 2 aromatic rings. The molecule has 132 valence electrons. The molecular formula is C20H24N2O2S. The highest BCUT2D eigenvalue weighted by molar-refractivity contribution is 7.80. The number of aromatic hydroxyl groups is 1. The highest BCUT2D eigenvalue weighted by Crippen LogP contribution is 2.30. The number of phenolic OH excluding ortho intramolecular Hbond substituents is 1. The van der Waals surface area contributed by atoms with Gasteiger partial charge in [0.1, 0.15) is 5.75 Å². The van der Waals surface area contributed by atoms with E-state index >= 15 is 0 Å². The summed E-state index contributed by atoms with van der Waals surface area (Å²) in [4.78, 5) is 12.3. The zero-order valence-electron chi connectivity index (χ0n) is 15.2. The van der Waals surface area contributed by atoms with Crippen LogP contribution in [0.15, 0.2) is 36.4 Å². The first-order chi connectivity index (χ1) is 11.6. The number of nitrogens with one attached hydrogen (secondary N) is 2. The molecule has 3 N–H and O–H groups in total. The molecule has 0 radical (unpaired) electrons. The first-order valence-corrected chi connectivity index (χ1v) is 8.52. The largest absolute Gasteiger partial charge is 0.506 e. The van der Waals surface area contributed by atoms with Gasteiger partial charge in [-0.1, -0.05) is 32.9 Å². The highest BCUT2D eigenvalue weighted by atomic mass is 32.1. The Morgan fingerprint density at radius 2 is 1.72 bits per heavy atom. The Kier molecular flexibility index (Phi) is 5.48. The maximum absolute atomic E-state index is 12.3. The van der Waals surface area contributed by atoms with E-state index in [4.69, 9.17) is 12.2 Å². The second-order valence-corrected chi connectivity index (χ2v) is 7.60. The number of anilines is 1. The topological polar surface area (TPSA) is 61.4 Å². The fourth-order valence-corrected chi connectivity index (χ4v) is 2.52. The van der Waals surface area contributed by atoms with Crippen LogP contribution < -0.4 is 10.6 Å². The third-order valence-electron chi connectivity index (χ3n) is 4.11. The molecule has 0 bridgehead atoms. The minimum Gasteiger partial charge on any atom is -0.506 e. The van der Waals surface area contributed by atoms with Crippen LogP contribution in [0.1, 0.15) is 47.8 Å². The van der Waals surface area contributed by atoms with Gasteiger partial charge in [-0.3, -0.25) is 10.1 Å². The number of benzene rings is 2. The van der Waals surface area contributed by atoms with Crippen molar-refractivity contribution in [2.24, 2.45) is 0 Å². The second-order valence-electron chi connectivity index (χ2n) is 7.19. The summed E-state index contributed by atoms with van der Waals surface area (Å²) in [6.07, 6.45) is 0. The summed E-state index contributed by atoms with van der Waals surface area (Å²) in [5.74, 6) is -0.206. The third kappa shape index (κ3) is 4.79. The minimum atomic E-state index is -0.285. The van der Waals surface area contributed by atoms with Crippen molar-refractivity contribution < 1.29 is 9.90 Å². The van der Waals surface area contributed by atoms with E-state index in [1.54, 1.807) is 12.1 Å². The molecule has 0 aromatic heterocycles. The Morgan fingerprint density at radius 3 is 2.32 bits per heavy atom. The third-order valence-corrected chi connectivity index (χ3v) is 4.31. The van der Waals surface area contributed by atoms with Crippen LogP contribution in [-0.2, 0) is 5.41 Å². The van der Waals surface area contributed by atoms with E-state index < -0.39 is 0 Å². The lowest BCUT2D eigenvalue weighted by Gasteiger charge is -2.21. The van der Waals surface area contributed by atoms with Gasteiger partial charge in [-0.15, -0.1) is 0 Å². The second kappa shape index (κ2) is 7.23. The van der Waals surface area contributed by atoms with Crippen LogP contribution in [0.3, 0.4) is 0 Å². The molecule has 0 saturated carbocycles. The van der Waals surface area contributed by atoms with Crippen LogP contribution in [0.5, 0.6) is 5.75 Å². The van der Waals surface area contributed by atoms with Gasteiger partial charge in [0.2, 0.25) is 0 Å². The Balaban J connectivity index is 2.12. The average Bonchev–Trinajstić information content (AvgIpc) is 2.50. The van der Waals surface area contributed by atoms with Crippen LogP contribution in [0.25, 0.3) is 0 Å². The number of hydrogen-bond acceptors (Lipinski definition) is 3. The fourth-order valence-electron chi connectivity index (χ4n) is 2.31. The van der Waals surface area contributed by atoms with E-state index in [1.165, 1.54) is 0 Å². The van der Waals surface area contributed by atoms with Crippen molar-refractivity contribution in [1.29, 1.82) is 0 Å². The van der Waals surface area contributed by atoms with Gasteiger partial charge in [0.25, 0.3) is 5.91 Å². The van der Waals surface area contributed by atoms with Crippen LogP contribution in [0.4, 0.5) is 5.69 Å². The first kappa shape index (κ1) is 18.9. The maximum Gasteiger partial charge on any atom is 0.257 e.